The second-order valence-corrected chi connectivity index (χ2v) is 6.65. The molecule has 1 N–H and O–H groups in total. The van der Waals surface area contributed by atoms with E-state index in [-0.39, 0.29) is 0 Å². The lowest BCUT2D eigenvalue weighted by Gasteiger charge is -2.29. The second kappa shape index (κ2) is 7.99. The van der Waals surface area contributed by atoms with Gasteiger partial charge in [-0.15, -0.1) is 0 Å². The molecule has 0 aromatic carbocycles. The van der Waals surface area contributed by atoms with Gasteiger partial charge in [0.25, 0.3) is 0 Å². The molecular formula is C16H31N3O. The van der Waals surface area contributed by atoms with E-state index in [0.29, 0.717) is 24.2 Å². The molecule has 2 rings (SSSR count). The van der Waals surface area contributed by atoms with Crippen molar-refractivity contribution in [3.05, 3.63) is 0 Å². The Kier molecular flexibility index (Phi) is 6.30. The Morgan fingerprint density at radius 2 is 2.10 bits per heavy atom. The van der Waals surface area contributed by atoms with Gasteiger partial charge in [-0.25, -0.2) is 0 Å². The van der Waals surface area contributed by atoms with Crippen LogP contribution in [0.4, 0.5) is 0 Å². The predicted molar refractivity (Wildman–Crippen MR) is 82.7 cm³/mol. The number of hydrogen-bond acceptors (Lipinski definition) is 3. The summed E-state index contributed by atoms with van der Waals surface area (Å²) >= 11 is 0. The standard InChI is InChI=1S/C16H31N3O/c1-14(15-6-5-7-17-13-15)12-16(20)18(2)10-11-19-8-3-4-9-19/h14-15,17H,3-13H2,1-2H3. The van der Waals surface area contributed by atoms with Crippen LogP contribution in [0.3, 0.4) is 0 Å². The summed E-state index contributed by atoms with van der Waals surface area (Å²) in [4.78, 5) is 16.7. The maximum Gasteiger partial charge on any atom is 0.222 e. The van der Waals surface area contributed by atoms with Crippen LogP contribution in [0.5, 0.6) is 0 Å². The number of piperidine rings is 1. The first-order valence-corrected chi connectivity index (χ1v) is 8.34. The highest BCUT2D eigenvalue weighted by atomic mass is 16.2. The topological polar surface area (TPSA) is 35.6 Å². The molecule has 20 heavy (non-hydrogen) atoms. The number of carbonyl (C=O) groups excluding carboxylic acids is 1. The average Bonchev–Trinajstić information content (AvgIpc) is 2.98. The zero-order valence-electron chi connectivity index (χ0n) is 13.2. The second-order valence-electron chi connectivity index (χ2n) is 6.65. The largest absolute Gasteiger partial charge is 0.344 e. The van der Waals surface area contributed by atoms with E-state index in [0.717, 1.165) is 26.2 Å². The summed E-state index contributed by atoms with van der Waals surface area (Å²) in [5, 5.41) is 3.45. The summed E-state index contributed by atoms with van der Waals surface area (Å²) < 4.78 is 0. The molecule has 2 atom stereocenters. The fourth-order valence-electron chi connectivity index (χ4n) is 3.38. The first-order valence-electron chi connectivity index (χ1n) is 8.34. The number of carbonyl (C=O) groups is 1. The maximum absolute atomic E-state index is 12.3. The van der Waals surface area contributed by atoms with Gasteiger partial charge in [0, 0.05) is 26.6 Å². The minimum absolute atomic E-state index is 0.322. The highest BCUT2D eigenvalue weighted by Crippen LogP contribution is 2.23. The van der Waals surface area contributed by atoms with Gasteiger partial charge in [-0.05, 0) is 63.7 Å². The predicted octanol–water partition coefficient (Wildman–Crippen LogP) is 1.57. The number of likely N-dealkylation sites (tertiary alicyclic amines) is 1. The normalized spacial score (nSPS) is 25.6. The smallest absolute Gasteiger partial charge is 0.222 e. The van der Waals surface area contributed by atoms with Gasteiger partial charge in [0.2, 0.25) is 5.91 Å². The Morgan fingerprint density at radius 1 is 1.35 bits per heavy atom. The molecule has 2 heterocycles. The van der Waals surface area contributed by atoms with Crippen LogP contribution in [-0.2, 0) is 4.79 Å². The molecule has 2 fully saturated rings. The number of nitrogens with zero attached hydrogens (tertiary/aromatic N) is 2. The summed E-state index contributed by atoms with van der Waals surface area (Å²) in [5.41, 5.74) is 0. The lowest BCUT2D eigenvalue weighted by molar-refractivity contribution is -0.131. The molecule has 2 aliphatic rings. The molecule has 0 bridgehead atoms. The van der Waals surface area contributed by atoms with E-state index >= 15 is 0 Å². The summed E-state index contributed by atoms with van der Waals surface area (Å²) in [6, 6.07) is 0. The zero-order chi connectivity index (χ0) is 14.4. The Balaban J connectivity index is 1.66. The van der Waals surface area contributed by atoms with Gasteiger partial charge >= 0.3 is 0 Å². The Morgan fingerprint density at radius 3 is 2.75 bits per heavy atom. The summed E-state index contributed by atoms with van der Waals surface area (Å²) in [6.45, 7) is 8.83. The van der Waals surface area contributed by atoms with Crippen LogP contribution in [0.25, 0.3) is 0 Å². The van der Waals surface area contributed by atoms with E-state index in [1.54, 1.807) is 0 Å². The van der Waals surface area contributed by atoms with E-state index in [1.807, 2.05) is 11.9 Å². The number of amides is 1. The van der Waals surface area contributed by atoms with E-state index in [2.05, 4.69) is 17.1 Å². The highest BCUT2D eigenvalue weighted by Gasteiger charge is 2.23. The van der Waals surface area contributed by atoms with Crippen molar-refractivity contribution in [2.24, 2.45) is 11.8 Å². The van der Waals surface area contributed by atoms with E-state index in [9.17, 15) is 4.79 Å². The van der Waals surface area contributed by atoms with Crippen LogP contribution in [0.1, 0.15) is 39.0 Å². The molecule has 1 amide bonds. The summed E-state index contributed by atoms with van der Waals surface area (Å²) in [7, 11) is 1.96. The monoisotopic (exact) mass is 281 g/mol. The summed E-state index contributed by atoms with van der Waals surface area (Å²) in [6.07, 6.45) is 5.89. The van der Waals surface area contributed by atoms with Crippen LogP contribution < -0.4 is 5.32 Å². The number of nitrogens with one attached hydrogen (secondary N) is 1. The fraction of sp³-hybridized carbons (Fsp3) is 0.938. The SMILES string of the molecule is CC(CC(=O)N(C)CCN1CCCC1)C1CCCNC1. The van der Waals surface area contributed by atoms with E-state index < -0.39 is 0 Å². The lowest BCUT2D eigenvalue weighted by atomic mass is 9.85. The third-order valence-electron chi connectivity index (χ3n) is 5.01. The van der Waals surface area contributed by atoms with Crippen molar-refractivity contribution in [2.45, 2.75) is 39.0 Å². The first kappa shape index (κ1) is 15.8. The van der Waals surface area contributed by atoms with Crippen molar-refractivity contribution in [2.75, 3.05) is 46.3 Å². The van der Waals surface area contributed by atoms with Crippen molar-refractivity contribution in [1.29, 1.82) is 0 Å². The van der Waals surface area contributed by atoms with Crippen molar-refractivity contribution >= 4 is 5.91 Å². The number of likely N-dealkylation sites (N-methyl/N-ethyl adjacent to an activating group) is 1. The molecule has 2 aliphatic heterocycles. The third-order valence-corrected chi connectivity index (χ3v) is 5.01. The lowest BCUT2D eigenvalue weighted by Crippen LogP contribution is -2.38. The van der Waals surface area contributed by atoms with Crippen LogP contribution >= 0.6 is 0 Å². The van der Waals surface area contributed by atoms with Gasteiger partial charge in [0.05, 0.1) is 0 Å². The Labute approximate surface area is 123 Å². The summed E-state index contributed by atoms with van der Waals surface area (Å²) in [5.74, 6) is 1.51. The molecule has 4 heteroatoms. The molecular weight excluding hydrogens is 250 g/mol. The van der Waals surface area contributed by atoms with E-state index in [4.69, 9.17) is 0 Å². The molecule has 0 aliphatic carbocycles. The van der Waals surface area contributed by atoms with Gasteiger partial charge in [-0.2, -0.15) is 0 Å². The van der Waals surface area contributed by atoms with Crippen molar-refractivity contribution in [3.8, 4) is 0 Å². The van der Waals surface area contributed by atoms with E-state index in [1.165, 1.54) is 38.8 Å². The minimum Gasteiger partial charge on any atom is -0.344 e. The van der Waals surface area contributed by atoms with Gasteiger partial charge in [0.1, 0.15) is 0 Å². The van der Waals surface area contributed by atoms with Crippen LogP contribution in [0.15, 0.2) is 0 Å². The van der Waals surface area contributed by atoms with Gasteiger partial charge in [-0.1, -0.05) is 6.92 Å². The molecule has 116 valence electrons. The Hall–Kier alpha value is -0.610. The van der Waals surface area contributed by atoms with Crippen LogP contribution in [0.2, 0.25) is 0 Å². The molecule has 0 aromatic heterocycles. The zero-order valence-corrected chi connectivity index (χ0v) is 13.2. The molecule has 0 aromatic rings. The first-order chi connectivity index (χ1) is 9.66. The molecule has 2 saturated heterocycles. The van der Waals surface area contributed by atoms with Crippen molar-refractivity contribution < 1.29 is 4.79 Å². The highest BCUT2D eigenvalue weighted by molar-refractivity contribution is 5.76. The van der Waals surface area contributed by atoms with Crippen molar-refractivity contribution in [1.82, 2.24) is 15.1 Å². The average molecular weight is 281 g/mol. The molecule has 4 nitrogen and oxygen atoms in total. The van der Waals surface area contributed by atoms with Crippen LogP contribution in [-0.4, -0.2) is 62.0 Å². The number of hydrogen-bond donors (Lipinski definition) is 1. The molecule has 0 spiro atoms. The minimum atomic E-state index is 0.322. The van der Waals surface area contributed by atoms with Crippen molar-refractivity contribution in [3.63, 3.8) is 0 Å². The maximum atomic E-state index is 12.3. The Bertz CT molecular complexity index is 296. The van der Waals surface area contributed by atoms with Crippen LogP contribution in [0, 0.1) is 11.8 Å². The number of rotatable bonds is 6. The third kappa shape index (κ3) is 4.74. The van der Waals surface area contributed by atoms with Gasteiger partial charge < -0.3 is 15.1 Å². The van der Waals surface area contributed by atoms with Gasteiger partial charge in [-0.3, -0.25) is 4.79 Å². The molecule has 0 saturated carbocycles. The quantitative estimate of drug-likeness (QED) is 0.803. The fourth-order valence-corrected chi connectivity index (χ4v) is 3.38. The molecule has 2 unspecified atom stereocenters. The molecule has 0 radical (unpaired) electrons. The van der Waals surface area contributed by atoms with Gasteiger partial charge in [0.15, 0.2) is 0 Å².